The number of esters is 1. The Morgan fingerprint density at radius 2 is 1.98 bits per heavy atom. The van der Waals surface area contributed by atoms with Crippen molar-refractivity contribution in [2.75, 3.05) is 19.8 Å². The van der Waals surface area contributed by atoms with Crippen molar-refractivity contribution < 1.29 is 38.2 Å². The summed E-state index contributed by atoms with van der Waals surface area (Å²) in [6.45, 7) is 11.4. The molecule has 2 aliphatic rings. The Hall–Kier alpha value is -3.45. The van der Waals surface area contributed by atoms with Gasteiger partial charge in [0.05, 0.1) is 28.5 Å². The number of amides is 1. The van der Waals surface area contributed by atoms with Crippen molar-refractivity contribution in [3.63, 3.8) is 0 Å². The zero-order valence-corrected chi connectivity index (χ0v) is 24.9. The molecule has 0 radical (unpaired) electrons. The maximum absolute atomic E-state index is 13.3. The second-order valence-corrected chi connectivity index (χ2v) is 10.9. The molecule has 2 aliphatic heterocycles. The number of imidazole rings is 1. The molecule has 1 amide bonds. The predicted molar refractivity (Wildman–Crippen MR) is 152 cm³/mol. The second kappa shape index (κ2) is 12.8. The van der Waals surface area contributed by atoms with Crippen LogP contribution < -0.4 is 9.30 Å². The summed E-state index contributed by atoms with van der Waals surface area (Å²) < 4.78 is 16.6. The summed E-state index contributed by atoms with van der Waals surface area (Å²) >= 11 is 2.26. The highest BCUT2D eigenvalue weighted by molar-refractivity contribution is 14.1. The number of hydrogen-bond donors (Lipinski definition) is 0. The number of aromatic nitrogens is 2. The third-order valence-electron chi connectivity index (χ3n) is 7.16. The number of hydrogen-bond acceptors (Lipinski definition) is 7. The van der Waals surface area contributed by atoms with Crippen molar-refractivity contribution in [1.82, 2.24) is 9.47 Å². The van der Waals surface area contributed by atoms with Crippen LogP contribution in [0.15, 0.2) is 73.5 Å². The third kappa shape index (κ3) is 5.85. The summed E-state index contributed by atoms with van der Waals surface area (Å²) in [6.07, 6.45) is 8.87. The van der Waals surface area contributed by atoms with Gasteiger partial charge in [0.25, 0.3) is 0 Å². The maximum Gasteiger partial charge on any atom is 0.355 e. The Kier molecular flexibility index (Phi) is 9.46. The van der Waals surface area contributed by atoms with Crippen molar-refractivity contribution in [3.05, 3.63) is 82.6 Å². The first-order valence-corrected chi connectivity index (χ1v) is 14.0. The molecule has 10 nitrogen and oxygen atoms in total. The molecule has 4 unspecified atom stereocenters. The van der Waals surface area contributed by atoms with Crippen LogP contribution in [0.2, 0.25) is 0 Å². The van der Waals surface area contributed by atoms with Crippen LogP contribution in [0, 0.1) is 21.3 Å². The van der Waals surface area contributed by atoms with E-state index in [9.17, 15) is 14.4 Å². The van der Waals surface area contributed by atoms with Crippen LogP contribution in [-0.4, -0.2) is 53.2 Å². The van der Waals surface area contributed by atoms with Crippen molar-refractivity contribution >= 4 is 40.4 Å². The lowest BCUT2D eigenvalue weighted by atomic mass is 9.74. The third-order valence-corrected chi connectivity index (χ3v) is 8.39. The van der Waals surface area contributed by atoms with E-state index in [1.807, 2.05) is 55.5 Å². The maximum atomic E-state index is 13.3. The lowest BCUT2D eigenvalue weighted by molar-refractivity contribution is -0.671. The Morgan fingerprint density at radius 1 is 1.23 bits per heavy atom. The van der Waals surface area contributed by atoms with E-state index in [1.165, 1.54) is 17.1 Å². The van der Waals surface area contributed by atoms with Crippen molar-refractivity contribution in [2.45, 2.75) is 26.4 Å². The summed E-state index contributed by atoms with van der Waals surface area (Å²) in [6, 6.07) is 5.43. The first-order valence-electron chi connectivity index (χ1n) is 12.9. The zero-order valence-electron chi connectivity index (χ0n) is 22.7. The number of rotatable bonds is 13. The van der Waals surface area contributed by atoms with Gasteiger partial charge < -0.3 is 14.4 Å². The van der Waals surface area contributed by atoms with Crippen LogP contribution in [0.5, 0.6) is 5.75 Å². The number of carbonyl (C=O) groups is 3. The van der Waals surface area contributed by atoms with Gasteiger partial charge in [-0.3, -0.25) is 9.68 Å². The zero-order chi connectivity index (χ0) is 29.0. The first kappa shape index (κ1) is 29.5. The summed E-state index contributed by atoms with van der Waals surface area (Å²) in [5.41, 5.74) is 1.88. The van der Waals surface area contributed by atoms with Crippen LogP contribution in [0.3, 0.4) is 0 Å². The number of fused-ring (bicyclic) bond motifs is 1. The molecule has 0 N–H and O–H groups in total. The van der Waals surface area contributed by atoms with Gasteiger partial charge in [-0.25, -0.2) is 18.7 Å². The molecule has 40 heavy (non-hydrogen) atoms. The van der Waals surface area contributed by atoms with Crippen molar-refractivity contribution in [1.29, 1.82) is 0 Å². The van der Waals surface area contributed by atoms with Gasteiger partial charge in [0.1, 0.15) is 50.2 Å². The lowest BCUT2D eigenvalue weighted by Gasteiger charge is -2.47. The fourth-order valence-electron chi connectivity index (χ4n) is 5.14. The van der Waals surface area contributed by atoms with Crippen LogP contribution in [0.1, 0.15) is 19.4 Å². The first-order chi connectivity index (χ1) is 19.2. The average molecular weight is 663 g/mol. The van der Waals surface area contributed by atoms with E-state index in [2.05, 4.69) is 40.3 Å². The molecular formula is C29H33IN3O7+. The fraction of sp³-hybridized carbons (Fsp3) is 0.379. The van der Waals surface area contributed by atoms with Gasteiger partial charge in [0, 0.05) is 17.1 Å². The summed E-state index contributed by atoms with van der Waals surface area (Å²) in [7, 11) is 1.97. The molecule has 0 bridgehead atoms. The van der Waals surface area contributed by atoms with Gasteiger partial charge in [-0.1, -0.05) is 44.7 Å². The van der Waals surface area contributed by atoms with Gasteiger partial charge in [0.2, 0.25) is 12.2 Å². The van der Waals surface area contributed by atoms with Gasteiger partial charge in [0.15, 0.2) is 0 Å². The standard InChI is InChI=1S/C29H33IN3O7/c1-6-13-37-29(36)26-21(16-38-22-10-8-9-20(24(22)30)15-32-12-11-31(5)17-32)18(3)25-23(27(34)33(25)26)19(4)28(35)40-39-14-7-2/h6-12,17-19,23,25H,1-2,13-16H2,3-5H3/q+1. The highest BCUT2D eigenvalue weighted by Gasteiger charge is 2.61. The van der Waals surface area contributed by atoms with E-state index >= 15 is 0 Å². The second-order valence-electron chi connectivity index (χ2n) is 9.81. The monoisotopic (exact) mass is 662 g/mol. The number of aryl methyl sites for hydroxylation is 1. The van der Waals surface area contributed by atoms with E-state index in [1.54, 1.807) is 6.92 Å². The van der Waals surface area contributed by atoms with Crippen molar-refractivity contribution in [2.24, 2.45) is 24.8 Å². The molecule has 1 fully saturated rings. The number of benzene rings is 1. The van der Waals surface area contributed by atoms with Crippen LogP contribution in [-0.2, 0) is 42.5 Å². The molecule has 212 valence electrons. The Bertz CT molecular complexity index is 1350. The van der Waals surface area contributed by atoms with E-state index in [0.717, 1.165) is 9.13 Å². The predicted octanol–water partition coefficient (Wildman–Crippen LogP) is 3.10. The highest BCUT2D eigenvalue weighted by atomic mass is 127. The molecule has 11 heteroatoms. The van der Waals surface area contributed by atoms with Gasteiger partial charge in [-0.05, 0) is 28.7 Å². The Balaban J connectivity index is 1.55. The normalized spacial score (nSPS) is 20.4. The molecule has 1 saturated heterocycles. The fourth-order valence-corrected chi connectivity index (χ4v) is 5.83. The number of halogens is 1. The Labute approximate surface area is 246 Å². The molecule has 0 spiro atoms. The average Bonchev–Trinajstić information content (AvgIpc) is 3.45. The quantitative estimate of drug-likeness (QED) is 0.0476. The van der Waals surface area contributed by atoms with Crippen LogP contribution >= 0.6 is 22.6 Å². The largest absolute Gasteiger partial charge is 0.488 e. The van der Waals surface area contributed by atoms with Gasteiger partial charge in [-0.2, -0.15) is 4.89 Å². The van der Waals surface area contributed by atoms with Crippen molar-refractivity contribution in [3.8, 4) is 5.75 Å². The summed E-state index contributed by atoms with van der Waals surface area (Å²) in [5.74, 6) is -2.69. The molecule has 1 aromatic carbocycles. The highest BCUT2D eigenvalue weighted by Crippen LogP contribution is 2.49. The minimum atomic E-state index is -0.778. The molecule has 0 saturated carbocycles. The minimum Gasteiger partial charge on any atom is -0.488 e. The molecule has 1 aromatic heterocycles. The van der Waals surface area contributed by atoms with E-state index in [-0.39, 0.29) is 37.3 Å². The van der Waals surface area contributed by atoms with Crippen LogP contribution in [0.4, 0.5) is 0 Å². The Morgan fingerprint density at radius 3 is 2.65 bits per heavy atom. The van der Waals surface area contributed by atoms with E-state index < -0.39 is 29.8 Å². The number of carbonyl (C=O) groups excluding carboxylic acids is 3. The number of ether oxygens (including phenoxy) is 2. The minimum absolute atomic E-state index is 0.00143. The van der Waals surface area contributed by atoms with Crippen LogP contribution in [0.25, 0.3) is 0 Å². The van der Waals surface area contributed by atoms with E-state index in [0.29, 0.717) is 17.9 Å². The smallest absolute Gasteiger partial charge is 0.355 e. The number of β-lactam (4-membered cyclic amide) rings is 1. The topological polar surface area (TPSA) is 100 Å². The molecular weight excluding hydrogens is 629 g/mol. The number of nitrogens with zero attached hydrogens (tertiary/aromatic N) is 3. The lowest BCUT2D eigenvalue weighted by Crippen LogP contribution is -2.63. The molecule has 3 heterocycles. The van der Waals surface area contributed by atoms with E-state index in [4.69, 9.17) is 19.2 Å². The summed E-state index contributed by atoms with van der Waals surface area (Å²) in [4.78, 5) is 50.0. The molecule has 4 atom stereocenters. The van der Waals surface area contributed by atoms with Gasteiger partial charge >= 0.3 is 11.9 Å². The molecule has 4 rings (SSSR count). The molecule has 2 aromatic rings. The SMILES string of the molecule is C=CCOOC(=O)C(C)C1C(=O)N2C(C(=O)OCC=C)=C(COc3cccc(Cn4cc[n+](C)c4)c3I)C(C)C12. The van der Waals surface area contributed by atoms with Gasteiger partial charge in [-0.15, -0.1) is 6.58 Å². The summed E-state index contributed by atoms with van der Waals surface area (Å²) in [5, 5.41) is 0. The molecule has 0 aliphatic carbocycles.